The Labute approximate surface area is 123 Å². The molecule has 0 bridgehead atoms. The van der Waals surface area contributed by atoms with Gasteiger partial charge in [0, 0.05) is 18.1 Å². The zero-order valence-corrected chi connectivity index (χ0v) is 11.7. The van der Waals surface area contributed by atoms with Crippen molar-refractivity contribution in [3.8, 4) is 5.75 Å². The average Bonchev–Trinajstić information content (AvgIpc) is 2.55. The van der Waals surface area contributed by atoms with Crippen molar-refractivity contribution in [2.24, 2.45) is 0 Å². The van der Waals surface area contributed by atoms with Gasteiger partial charge in [0.15, 0.2) is 0 Å². The molecule has 0 saturated carbocycles. The number of hydrogen-bond acceptors (Lipinski definition) is 2. The van der Waals surface area contributed by atoms with Crippen molar-refractivity contribution in [3.05, 3.63) is 77.2 Å². The van der Waals surface area contributed by atoms with Crippen molar-refractivity contribution in [3.63, 3.8) is 0 Å². The summed E-state index contributed by atoms with van der Waals surface area (Å²) in [6.45, 7) is 1.26. The van der Waals surface area contributed by atoms with Gasteiger partial charge in [-0.25, -0.2) is 0 Å². The molecule has 3 heteroatoms. The highest BCUT2D eigenvalue weighted by Crippen LogP contribution is 2.10. The van der Waals surface area contributed by atoms with Crippen LogP contribution in [0.25, 0.3) is 10.8 Å². The Balaban J connectivity index is 1.63. The van der Waals surface area contributed by atoms with Crippen LogP contribution in [0.1, 0.15) is 6.42 Å². The number of fused-ring (bicyclic) bond motifs is 1. The molecular weight excluding hydrogens is 262 g/mol. The van der Waals surface area contributed by atoms with E-state index in [9.17, 15) is 4.79 Å². The summed E-state index contributed by atoms with van der Waals surface area (Å²) < 4.78 is 7.39. The lowest BCUT2D eigenvalue weighted by atomic mass is 10.2. The lowest BCUT2D eigenvalue weighted by molar-refractivity contribution is 0.301. The van der Waals surface area contributed by atoms with Gasteiger partial charge in [0.2, 0.25) is 0 Å². The predicted molar refractivity (Wildman–Crippen MR) is 84.8 cm³/mol. The molecule has 0 saturated heterocycles. The molecule has 106 valence electrons. The van der Waals surface area contributed by atoms with Crippen LogP contribution in [0.5, 0.6) is 5.75 Å². The van der Waals surface area contributed by atoms with Crippen molar-refractivity contribution in [1.82, 2.24) is 4.57 Å². The Morgan fingerprint density at radius 3 is 2.52 bits per heavy atom. The van der Waals surface area contributed by atoms with E-state index in [0.717, 1.165) is 22.9 Å². The number of hydrogen-bond donors (Lipinski definition) is 0. The second kappa shape index (κ2) is 6.27. The van der Waals surface area contributed by atoms with Gasteiger partial charge in [0.1, 0.15) is 5.75 Å². The predicted octanol–water partition coefficient (Wildman–Crippen LogP) is 3.47. The van der Waals surface area contributed by atoms with Gasteiger partial charge in [-0.05, 0) is 36.1 Å². The van der Waals surface area contributed by atoms with Gasteiger partial charge in [-0.3, -0.25) is 4.79 Å². The number of nitrogens with zero attached hydrogens (tertiary/aromatic N) is 1. The maximum atomic E-state index is 12.3. The smallest absolute Gasteiger partial charge is 0.258 e. The number of benzene rings is 2. The van der Waals surface area contributed by atoms with Gasteiger partial charge in [-0.1, -0.05) is 36.4 Å². The third-order valence-corrected chi connectivity index (χ3v) is 3.44. The first-order valence-electron chi connectivity index (χ1n) is 7.10. The number of aromatic nitrogens is 1. The number of rotatable bonds is 5. The molecule has 0 atom stereocenters. The SMILES string of the molecule is O=c1c2ccccc2ccn1CCCOc1ccccc1. The zero-order valence-electron chi connectivity index (χ0n) is 11.7. The molecule has 0 N–H and O–H groups in total. The lowest BCUT2D eigenvalue weighted by Crippen LogP contribution is -2.20. The Bertz CT molecular complexity index is 778. The van der Waals surface area contributed by atoms with Crippen LogP contribution in [0.15, 0.2) is 71.7 Å². The summed E-state index contributed by atoms with van der Waals surface area (Å²) in [7, 11) is 0. The fraction of sp³-hybridized carbons (Fsp3) is 0.167. The molecule has 3 rings (SSSR count). The highest BCUT2D eigenvalue weighted by Gasteiger charge is 2.01. The second-order valence-electron chi connectivity index (χ2n) is 4.92. The van der Waals surface area contributed by atoms with E-state index in [1.54, 1.807) is 4.57 Å². The summed E-state index contributed by atoms with van der Waals surface area (Å²) in [4.78, 5) is 12.3. The molecule has 0 radical (unpaired) electrons. The molecule has 2 aromatic carbocycles. The average molecular weight is 279 g/mol. The van der Waals surface area contributed by atoms with E-state index >= 15 is 0 Å². The van der Waals surface area contributed by atoms with E-state index in [2.05, 4.69) is 0 Å². The molecular formula is C18H17NO2. The molecule has 0 fully saturated rings. The molecule has 1 aromatic heterocycles. The molecule has 0 aliphatic heterocycles. The minimum Gasteiger partial charge on any atom is -0.494 e. The first-order valence-corrected chi connectivity index (χ1v) is 7.10. The maximum absolute atomic E-state index is 12.3. The van der Waals surface area contributed by atoms with Gasteiger partial charge in [-0.15, -0.1) is 0 Å². The minimum atomic E-state index is 0.0628. The summed E-state index contributed by atoms with van der Waals surface area (Å²) in [6.07, 6.45) is 2.65. The van der Waals surface area contributed by atoms with Crippen molar-refractivity contribution in [2.45, 2.75) is 13.0 Å². The van der Waals surface area contributed by atoms with Crippen LogP contribution in [-0.4, -0.2) is 11.2 Å². The van der Waals surface area contributed by atoms with Crippen LogP contribution in [0.4, 0.5) is 0 Å². The van der Waals surface area contributed by atoms with E-state index in [-0.39, 0.29) is 5.56 Å². The number of para-hydroxylation sites is 1. The largest absolute Gasteiger partial charge is 0.494 e. The normalized spacial score (nSPS) is 10.7. The van der Waals surface area contributed by atoms with Crippen LogP contribution in [0, 0.1) is 0 Å². The molecule has 3 aromatic rings. The summed E-state index contributed by atoms with van der Waals surface area (Å²) in [5.74, 6) is 0.864. The van der Waals surface area contributed by atoms with Crippen LogP contribution in [0.3, 0.4) is 0 Å². The summed E-state index contributed by atoms with van der Waals surface area (Å²) in [6, 6.07) is 19.4. The molecule has 21 heavy (non-hydrogen) atoms. The highest BCUT2D eigenvalue weighted by molar-refractivity contribution is 5.81. The lowest BCUT2D eigenvalue weighted by Gasteiger charge is -2.08. The van der Waals surface area contributed by atoms with Gasteiger partial charge in [-0.2, -0.15) is 0 Å². The third-order valence-electron chi connectivity index (χ3n) is 3.44. The molecule has 0 amide bonds. The van der Waals surface area contributed by atoms with Gasteiger partial charge in [0.05, 0.1) is 6.61 Å². The number of ether oxygens (including phenoxy) is 1. The maximum Gasteiger partial charge on any atom is 0.258 e. The molecule has 0 aliphatic carbocycles. The van der Waals surface area contributed by atoms with Gasteiger partial charge in [0.25, 0.3) is 5.56 Å². The van der Waals surface area contributed by atoms with Crippen LogP contribution < -0.4 is 10.3 Å². The highest BCUT2D eigenvalue weighted by atomic mass is 16.5. The van der Waals surface area contributed by atoms with Crippen molar-refractivity contribution < 1.29 is 4.74 Å². The Hall–Kier alpha value is -2.55. The Kier molecular flexibility index (Phi) is 4.01. The van der Waals surface area contributed by atoms with Crippen LogP contribution in [0.2, 0.25) is 0 Å². The fourth-order valence-corrected chi connectivity index (χ4v) is 2.35. The van der Waals surface area contributed by atoms with Gasteiger partial charge < -0.3 is 9.30 Å². The molecule has 0 spiro atoms. The van der Waals surface area contributed by atoms with E-state index < -0.39 is 0 Å². The first-order chi connectivity index (χ1) is 10.3. The minimum absolute atomic E-state index is 0.0628. The van der Waals surface area contributed by atoms with Gasteiger partial charge >= 0.3 is 0 Å². The number of aryl methyl sites for hydroxylation is 1. The Morgan fingerprint density at radius 2 is 1.67 bits per heavy atom. The van der Waals surface area contributed by atoms with Crippen molar-refractivity contribution >= 4 is 10.8 Å². The van der Waals surface area contributed by atoms with E-state index in [4.69, 9.17) is 4.74 Å². The molecule has 0 unspecified atom stereocenters. The third kappa shape index (κ3) is 3.14. The topological polar surface area (TPSA) is 31.2 Å². The second-order valence-corrected chi connectivity index (χ2v) is 4.92. The first kappa shape index (κ1) is 13.4. The van der Waals surface area contributed by atoms with Crippen molar-refractivity contribution in [2.75, 3.05) is 6.61 Å². The van der Waals surface area contributed by atoms with E-state index in [0.29, 0.717) is 13.2 Å². The summed E-state index contributed by atoms with van der Waals surface area (Å²) in [5.41, 5.74) is 0.0628. The summed E-state index contributed by atoms with van der Waals surface area (Å²) in [5, 5.41) is 1.75. The Morgan fingerprint density at radius 1 is 0.905 bits per heavy atom. The summed E-state index contributed by atoms with van der Waals surface area (Å²) >= 11 is 0. The van der Waals surface area contributed by atoms with Crippen LogP contribution in [-0.2, 0) is 6.54 Å². The van der Waals surface area contributed by atoms with Crippen LogP contribution >= 0.6 is 0 Å². The fourth-order valence-electron chi connectivity index (χ4n) is 2.35. The quantitative estimate of drug-likeness (QED) is 0.670. The molecule has 3 nitrogen and oxygen atoms in total. The van der Waals surface area contributed by atoms with Crippen molar-refractivity contribution in [1.29, 1.82) is 0 Å². The molecule has 1 heterocycles. The number of pyridine rings is 1. The monoisotopic (exact) mass is 279 g/mol. The van der Waals surface area contributed by atoms with E-state index in [1.807, 2.05) is 66.9 Å². The standard InChI is InChI=1S/C18H17NO2/c20-18-17-10-5-4-7-15(17)11-13-19(18)12-6-14-21-16-8-2-1-3-9-16/h1-5,7-11,13H,6,12,14H2. The van der Waals surface area contributed by atoms with E-state index in [1.165, 1.54) is 0 Å². The zero-order chi connectivity index (χ0) is 14.5. The molecule has 0 aliphatic rings.